The third kappa shape index (κ3) is 5.15. The molecule has 1 aliphatic heterocycles. The normalized spacial score (nSPS) is 16.9. The van der Waals surface area contributed by atoms with Crippen molar-refractivity contribution in [3.63, 3.8) is 0 Å². The minimum absolute atomic E-state index is 0.0963. The van der Waals surface area contributed by atoms with Crippen molar-refractivity contribution >= 4 is 21.6 Å². The number of nitrogens with one attached hydrogen (secondary N) is 1. The molecule has 1 amide bonds. The Morgan fingerprint density at radius 3 is 2.52 bits per heavy atom. The maximum Gasteiger partial charge on any atom is 0.245 e. The minimum atomic E-state index is -3.77. The van der Waals surface area contributed by atoms with Crippen molar-refractivity contribution in [2.45, 2.75) is 51.0 Å². The van der Waals surface area contributed by atoms with Crippen LogP contribution in [0.5, 0.6) is 0 Å². The van der Waals surface area contributed by atoms with Gasteiger partial charge in [-0.1, -0.05) is 48.8 Å². The van der Waals surface area contributed by atoms with Crippen LogP contribution in [0.2, 0.25) is 0 Å². The molecule has 1 aliphatic rings. The van der Waals surface area contributed by atoms with E-state index in [9.17, 15) is 13.2 Å². The van der Waals surface area contributed by atoms with E-state index in [1.807, 2.05) is 45.0 Å². The molecular formula is C24H28N4O4S. The monoisotopic (exact) mass is 468 g/mol. The summed E-state index contributed by atoms with van der Waals surface area (Å²) in [4.78, 5) is 16.6. The van der Waals surface area contributed by atoms with Crippen molar-refractivity contribution in [3.8, 4) is 11.4 Å². The highest BCUT2D eigenvalue weighted by atomic mass is 32.2. The second kappa shape index (κ2) is 9.44. The molecule has 3 aromatic rings. The number of carbonyl (C=O) groups excluding carboxylic acids is 1. The Hall–Kier alpha value is -3.04. The Labute approximate surface area is 194 Å². The van der Waals surface area contributed by atoms with Gasteiger partial charge < -0.3 is 9.84 Å². The van der Waals surface area contributed by atoms with Gasteiger partial charge >= 0.3 is 0 Å². The van der Waals surface area contributed by atoms with Crippen molar-refractivity contribution in [1.29, 1.82) is 0 Å². The predicted octanol–water partition coefficient (Wildman–Crippen LogP) is 4.56. The first-order chi connectivity index (χ1) is 15.7. The van der Waals surface area contributed by atoms with Gasteiger partial charge in [0.15, 0.2) is 0 Å². The van der Waals surface area contributed by atoms with Crippen LogP contribution in [-0.4, -0.2) is 35.3 Å². The van der Waals surface area contributed by atoms with Crippen LogP contribution in [0.4, 0.5) is 5.69 Å². The molecule has 0 spiro atoms. The van der Waals surface area contributed by atoms with Crippen LogP contribution >= 0.6 is 0 Å². The number of hydrogen-bond acceptors (Lipinski definition) is 6. The zero-order valence-electron chi connectivity index (χ0n) is 19.0. The molecule has 0 saturated carbocycles. The molecule has 9 heteroatoms. The van der Waals surface area contributed by atoms with Crippen LogP contribution in [0.3, 0.4) is 0 Å². The van der Waals surface area contributed by atoms with E-state index >= 15 is 0 Å². The number of carbonyl (C=O) groups is 1. The highest BCUT2D eigenvalue weighted by Gasteiger charge is 2.39. The molecule has 1 atom stereocenters. The number of anilines is 1. The molecule has 1 N–H and O–H groups in total. The Morgan fingerprint density at radius 1 is 1.15 bits per heavy atom. The van der Waals surface area contributed by atoms with E-state index in [1.54, 1.807) is 12.1 Å². The van der Waals surface area contributed by atoms with Gasteiger partial charge in [0.25, 0.3) is 0 Å². The lowest BCUT2D eigenvalue weighted by Gasteiger charge is -2.21. The molecule has 2 heterocycles. The highest BCUT2D eigenvalue weighted by molar-refractivity contribution is 7.89. The third-order valence-corrected chi connectivity index (χ3v) is 7.50. The van der Waals surface area contributed by atoms with E-state index in [2.05, 4.69) is 15.5 Å². The molecule has 0 radical (unpaired) electrons. The van der Waals surface area contributed by atoms with Crippen LogP contribution < -0.4 is 5.32 Å². The van der Waals surface area contributed by atoms with Crippen molar-refractivity contribution < 1.29 is 17.7 Å². The quantitative estimate of drug-likeness (QED) is 0.545. The van der Waals surface area contributed by atoms with Crippen molar-refractivity contribution in [2.75, 3.05) is 11.9 Å². The fourth-order valence-corrected chi connectivity index (χ4v) is 5.54. The predicted molar refractivity (Wildman–Crippen MR) is 125 cm³/mol. The summed E-state index contributed by atoms with van der Waals surface area (Å²) in [5.41, 5.74) is 2.51. The van der Waals surface area contributed by atoms with Gasteiger partial charge in [0.05, 0.1) is 4.90 Å². The van der Waals surface area contributed by atoms with E-state index in [0.717, 1.165) is 11.1 Å². The van der Waals surface area contributed by atoms with E-state index in [0.29, 0.717) is 43.2 Å². The first-order valence-electron chi connectivity index (χ1n) is 11.1. The lowest BCUT2D eigenvalue weighted by Crippen LogP contribution is -2.30. The molecule has 0 bridgehead atoms. The second-order valence-electron chi connectivity index (χ2n) is 8.77. The number of amides is 1. The highest BCUT2D eigenvalue weighted by Crippen LogP contribution is 2.36. The number of benzene rings is 2. The summed E-state index contributed by atoms with van der Waals surface area (Å²) >= 11 is 0. The molecule has 1 aromatic heterocycles. The number of aryl methyl sites for hydroxylation is 1. The number of sulfonamides is 1. The van der Waals surface area contributed by atoms with Crippen LogP contribution in [0, 0.1) is 12.8 Å². The Balaban J connectivity index is 1.52. The van der Waals surface area contributed by atoms with Crippen LogP contribution in [0.1, 0.15) is 50.6 Å². The minimum Gasteiger partial charge on any atom is -0.337 e. The largest absolute Gasteiger partial charge is 0.337 e. The first kappa shape index (κ1) is 23.1. The number of nitrogens with zero attached hydrogens (tertiary/aromatic N) is 3. The van der Waals surface area contributed by atoms with Crippen molar-refractivity contribution in [1.82, 2.24) is 14.4 Å². The second-order valence-corrected chi connectivity index (χ2v) is 10.7. The lowest BCUT2D eigenvalue weighted by atomic mass is 10.1. The van der Waals surface area contributed by atoms with E-state index in [1.165, 1.54) is 16.4 Å². The molecule has 0 unspecified atom stereocenters. The summed E-state index contributed by atoms with van der Waals surface area (Å²) in [6, 6.07) is 13.5. The molecule has 2 aromatic carbocycles. The number of hydrogen-bond donors (Lipinski definition) is 1. The first-order valence-corrected chi connectivity index (χ1v) is 12.5. The molecule has 33 heavy (non-hydrogen) atoms. The SMILES string of the molecule is Cc1ccc(-c2noc([C@@H]3CCCN3S(=O)(=O)c3ccc(NC(=O)CC(C)C)cc3)n2)cc1. The molecular weight excluding hydrogens is 440 g/mol. The zero-order valence-corrected chi connectivity index (χ0v) is 19.8. The molecule has 0 aliphatic carbocycles. The van der Waals surface area contributed by atoms with E-state index in [4.69, 9.17) is 4.52 Å². The summed E-state index contributed by atoms with van der Waals surface area (Å²) in [5, 5.41) is 6.86. The van der Waals surface area contributed by atoms with Gasteiger partial charge in [-0.05, 0) is 49.9 Å². The molecule has 8 nitrogen and oxygen atoms in total. The summed E-state index contributed by atoms with van der Waals surface area (Å²) < 4.78 is 33.6. The molecule has 4 rings (SSSR count). The molecule has 1 saturated heterocycles. The third-order valence-electron chi connectivity index (χ3n) is 5.58. The van der Waals surface area contributed by atoms with Gasteiger partial charge in [-0.25, -0.2) is 8.42 Å². The average molecular weight is 469 g/mol. The lowest BCUT2D eigenvalue weighted by molar-refractivity contribution is -0.116. The zero-order chi connectivity index (χ0) is 23.6. The molecule has 1 fully saturated rings. The van der Waals surface area contributed by atoms with Gasteiger partial charge in [-0.15, -0.1) is 0 Å². The van der Waals surface area contributed by atoms with Gasteiger partial charge in [-0.3, -0.25) is 4.79 Å². The fourth-order valence-electron chi connectivity index (χ4n) is 3.89. The molecule has 174 valence electrons. The number of aromatic nitrogens is 2. The summed E-state index contributed by atoms with van der Waals surface area (Å²) in [6.07, 6.45) is 1.72. The van der Waals surface area contributed by atoms with Gasteiger partial charge in [0.2, 0.25) is 27.6 Å². The van der Waals surface area contributed by atoms with Gasteiger partial charge in [-0.2, -0.15) is 9.29 Å². The van der Waals surface area contributed by atoms with E-state index < -0.39 is 16.1 Å². The Morgan fingerprint density at radius 2 is 1.85 bits per heavy atom. The number of rotatable bonds is 7. The van der Waals surface area contributed by atoms with Crippen LogP contribution in [0.15, 0.2) is 57.9 Å². The van der Waals surface area contributed by atoms with Crippen LogP contribution in [0.25, 0.3) is 11.4 Å². The topological polar surface area (TPSA) is 105 Å². The standard InChI is InChI=1S/C24H28N4O4S/c1-16(2)15-22(29)25-19-10-12-20(13-11-19)33(30,31)28-14-4-5-21(28)24-26-23(27-32-24)18-8-6-17(3)7-9-18/h6-13,16,21H,4-5,14-15H2,1-3H3,(H,25,29)/t21-/m0/s1. The average Bonchev–Trinajstić information content (AvgIpc) is 3.44. The van der Waals surface area contributed by atoms with Crippen LogP contribution in [-0.2, 0) is 14.8 Å². The summed E-state index contributed by atoms with van der Waals surface area (Å²) in [5.74, 6) is 0.883. The Bertz CT molecular complexity index is 1220. The maximum atomic E-state index is 13.4. The van der Waals surface area contributed by atoms with Gasteiger partial charge in [0, 0.05) is 24.2 Å². The van der Waals surface area contributed by atoms with E-state index in [-0.39, 0.29) is 16.7 Å². The summed E-state index contributed by atoms with van der Waals surface area (Å²) in [6.45, 7) is 6.31. The van der Waals surface area contributed by atoms with Crippen molar-refractivity contribution in [2.24, 2.45) is 5.92 Å². The Kier molecular flexibility index (Phi) is 6.62. The van der Waals surface area contributed by atoms with Crippen molar-refractivity contribution in [3.05, 3.63) is 60.0 Å². The fraction of sp³-hybridized carbons (Fsp3) is 0.375. The maximum absolute atomic E-state index is 13.4. The summed E-state index contributed by atoms with van der Waals surface area (Å²) in [7, 11) is -3.77. The smallest absolute Gasteiger partial charge is 0.245 e. The van der Waals surface area contributed by atoms with Gasteiger partial charge in [0.1, 0.15) is 6.04 Å².